The average Bonchev–Trinajstić information content (AvgIpc) is 3.20. The molecule has 0 atom stereocenters. The Kier molecular flexibility index (Phi) is 6.34. The van der Waals surface area contributed by atoms with E-state index in [1.54, 1.807) is 0 Å². The molecule has 0 aliphatic carbocycles. The van der Waals surface area contributed by atoms with Gasteiger partial charge in [0.15, 0.2) is 0 Å². The molecule has 0 fully saturated rings. The summed E-state index contributed by atoms with van der Waals surface area (Å²) in [5, 5.41) is 1.44. The molecule has 0 unspecified atom stereocenters. The number of thioether (sulfide) groups is 1. The summed E-state index contributed by atoms with van der Waals surface area (Å²) < 4.78 is 2.90. The standard InChI is InChI=1S/C35H39BS3/c1-20-25-15-21(33(2,3)4)12-14-27(25)37-19-36-30-26(20)16-23(35(8,9)10)18-29(30)39-32-31(36)24-13-11-22(34(5,6)7)17-28(24)38-32/h11-18H,1,19H2,2-10H3. The SMILES string of the molecule is C=C1c2cc(C(C)(C)C)ccc2SCB2c3c(cc(C(C)(C)C)cc31)Sc1sc3cc(C(C)(C)C)ccc3c12. The van der Waals surface area contributed by atoms with Gasteiger partial charge >= 0.3 is 0 Å². The van der Waals surface area contributed by atoms with Crippen molar-refractivity contribution < 1.29 is 0 Å². The largest absolute Gasteiger partial charge is 0.225 e. The molecule has 1 aromatic heterocycles. The zero-order chi connectivity index (χ0) is 28.1. The van der Waals surface area contributed by atoms with Gasteiger partial charge in [-0.2, -0.15) is 0 Å². The summed E-state index contributed by atoms with van der Waals surface area (Å²) in [7, 11) is 0. The van der Waals surface area contributed by atoms with Gasteiger partial charge in [0.05, 0.1) is 4.21 Å². The number of thiophene rings is 1. The molecule has 2 aliphatic rings. The lowest BCUT2D eigenvalue weighted by atomic mass is 9.40. The summed E-state index contributed by atoms with van der Waals surface area (Å²) in [5.41, 5.74) is 12.4. The van der Waals surface area contributed by atoms with Crippen molar-refractivity contribution in [3.8, 4) is 0 Å². The lowest BCUT2D eigenvalue weighted by Crippen LogP contribution is -2.50. The molecule has 0 radical (unpaired) electrons. The zero-order valence-corrected chi connectivity index (χ0v) is 27.3. The monoisotopic (exact) mass is 566 g/mol. The lowest BCUT2D eigenvalue weighted by molar-refractivity contribution is 0.588. The number of rotatable bonds is 0. The van der Waals surface area contributed by atoms with Crippen LogP contribution in [-0.4, -0.2) is 12.4 Å². The first-order valence-corrected chi connectivity index (χ1v) is 16.6. The fourth-order valence-electron chi connectivity index (χ4n) is 5.81. The van der Waals surface area contributed by atoms with Gasteiger partial charge in [0, 0.05) is 14.5 Å². The Bertz CT molecular complexity index is 1650. The topological polar surface area (TPSA) is 0 Å². The predicted octanol–water partition coefficient (Wildman–Crippen LogP) is 9.57. The zero-order valence-electron chi connectivity index (χ0n) is 24.8. The van der Waals surface area contributed by atoms with E-state index in [1.807, 2.05) is 34.9 Å². The van der Waals surface area contributed by atoms with Crippen molar-refractivity contribution in [2.45, 2.75) is 92.6 Å². The summed E-state index contributed by atoms with van der Waals surface area (Å²) in [6, 6.07) is 19.3. The van der Waals surface area contributed by atoms with Crippen molar-refractivity contribution in [1.82, 2.24) is 0 Å². The maximum atomic E-state index is 4.80. The molecule has 0 spiro atoms. The van der Waals surface area contributed by atoms with Crippen LogP contribution in [0.25, 0.3) is 15.7 Å². The second-order valence-corrected chi connectivity index (χ2v) is 17.8. The third-order valence-electron chi connectivity index (χ3n) is 8.37. The van der Waals surface area contributed by atoms with Gasteiger partial charge in [-0.25, -0.2) is 0 Å². The number of hydrogen-bond acceptors (Lipinski definition) is 3. The van der Waals surface area contributed by atoms with Crippen LogP contribution in [0.2, 0.25) is 0 Å². The predicted molar refractivity (Wildman–Crippen MR) is 179 cm³/mol. The minimum absolute atomic E-state index is 0.0666. The molecule has 0 amide bonds. The molecule has 3 aromatic carbocycles. The van der Waals surface area contributed by atoms with E-state index in [9.17, 15) is 0 Å². The number of fused-ring (bicyclic) bond motifs is 5. The van der Waals surface area contributed by atoms with Gasteiger partial charge < -0.3 is 0 Å². The van der Waals surface area contributed by atoms with E-state index >= 15 is 0 Å². The molecule has 39 heavy (non-hydrogen) atoms. The van der Waals surface area contributed by atoms with E-state index < -0.39 is 0 Å². The van der Waals surface area contributed by atoms with E-state index in [0.717, 1.165) is 5.65 Å². The highest BCUT2D eigenvalue weighted by molar-refractivity contribution is 8.03. The van der Waals surface area contributed by atoms with Crippen molar-refractivity contribution >= 4 is 68.2 Å². The van der Waals surface area contributed by atoms with Gasteiger partial charge in [0.1, 0.15) is 0 Å². The molecule has 4 aromatic rings. The molecule has 6 rings (SSSR count). The summed E-state index contributed by atoms with van der Waals surface area (Å²) in [5.74, 6) is 0. The van der Waals surface area contributed by atoms with E-state index in [4.69, 9.17) is 6.58 Å². The van der Waals surface area contributed by atoms with Gasteiger partial charge in [-0.3, -0.25) is 0 Å². The molecule has 0 bridgehead atoms. The molecule has 2 aliphatic heterocycles. The van der Waals surface area contributed by atoms with Crippen molar-refractivity contribution in [2.24, 2.45) is 0 Å². The summed E-state index contributed by atoms with van der Waals surface area (Å²) >= 11 is 6.00. The van der Waals surface area contributed by atoms with Crippen molar-refractivity contribution in [2.75, 3.05) is 5.65 Å². The van der Waals surface area contributed by atoms with Gasteiger partial charge in [-0.05, 0) is 90.4 Å². The Labute approximate surface area is 248 Å². The molecule has 0 saturated carbocycles. The van der Waals surface area contributed by atoms with E-state index in [0.29, 0.717) is 6.71 Å². The van der Waals surface area contributed by atoms with Crippen LogP contribution in [0.15, 0.2) is 69.1 Å². The maximum absolute atomic E-state index is 4.80. The van der Waals surface area contributed by atoms with Gasteiger partial charge in [0.25, 0.3) is 0 Å². The molecular formula is C35H39BS3. The van der Waals surface area contributed by atoms with Crippen LogP contribution in [-0.2, 0) is 16.2 Å². The highest BCUT2D eigenvalue weighted by Gasteiger charge is 2.38. The lowest BCUT2D eigenvalue weighted by Gasteiger charge is -2.33. The summed E-state index contributed by atoms with van der Waals surface area (Å²) in [6.45, 7) is 26.0. The smallest absolute Gasteiger partial charge is 0.133 e. The molecule has 200 valence electrons. The van der Waals surface area contributed by atoms with Crippen LogP contribution in [0.5, 0.6) is 0 Å². The fourth-order valence-corrected chi connectivity index (χ4v) is 9.84. The highest BCUT2D eigenvalue weighted by Crippen LogP contribution is 2.45. The van der Waals surface area contributed by atoms with Gasteiger partial charge in [0.2, 0.25) is 6.71 Å². The van der Waals surface area contributed by atoms with Crippen LogP contribution in [0.1, 0.15) is 90.1 Å². The maximum Gasteiger partial charge on any atom is 0.225 e. The first kappa shape index (κ1) is 27.3. The fraction of sp³-hybridized carbons (Fsp3) is 0.371. The second-order valence-electron chi connectivity index (χ2n) is 14.4. The minimum atomic E-state index is 0.0666. The van der Waals surface area contributed by atoms with E-state index in [1.165, 1.54) is 68.4 Å². The number of benzene rings is 3. The quantitative estimate of drug-likeness (QED) is 0.194. The second kappa shape index (κ2) is 9.06. The van der Waals surface area contributed by atoms with Gasteiger partial charge in [-0.15, -0.1) is 23.1 Å². The summed E-state index contributed by atoms with van der Waals surface area (Å²) in [6.07, 6.45) is 0. The van der Waals surface area contributed by atoms with E-state index in [2.05, 4.69) is 111 Å². The summed E-state index contributed by atoms with van der Waals surface area (Å²) in [4.78, 5) is 2.78. The Morgan fingerprint density at radius 2 is 1.28 bits per heavy atom. The molecular weight excluding hydrogens is 527 g/mol. The molecule has 0 N–H and O–H groups in total. The van der Waals surface area contributed by atoms with Crippen molar-refractivity contribution in [3.05, 3.63) is 82.9 Å². The molecule has 0 nitrogen and oxygen atoms in total. The third kappa shape index (κ3) is 4.65. The van der Waals surface area contributed by atoms with Crippen LogP contribution < -0.4 is 10.9 Å². The Balaban J connectivity index is 1.60. The third-order valence-corrected chi connectivity index (χ3v) is 12.0. The number of hydrogen-bond donors (Lipinski definition) is 0. The first-order valence-electron chi connectivity index (χ1n) is 14.0. The molecule has 4 heteroatoms. The van der Waals surface area contributed by atoms with E-state index in [-0.39, 0.29) is 16.2 Å². The van der Waals surface area contributed by atoms with Crippen LogP contribution in [0.3, 0.4) is 0 Å². The van der Waals surface area contributed by atoms with Crippen LogP contribution >= 0.6 is 34.9 Å². The van der Waals surface area contributed by atoms with Gasteiger partial charge in [-0.1, -0.05) is 110 Å². The average molecular weight is 567 g/mol. The molecule has 3 heterocycles. The van der Waals surface area contributed by atoms with Crippen LogP contribution in [0, 0.1) is 0 Å². The Morgan fingerprint density at radius 1 is 0.667 bits per heavy atom. The Hall–Kier alpha value is -1.88. The Morgan fingerprint density at radius 3 is 1.95 bits per heavy atom. The minimum Gasteiger partial charge on any atom is -0.133 e. The highest BCUT2D eigenvalue weighted by atomic mass is 32.2. The van der Waals surface area contributed by atoms with Crippen molar-refractivity contribution in [1.29, 1.82) is 0 Å². The van der Waals surface area contributed by atoms with Crippen molar-refractivity contribution in [3.63, 3.8) is 0 Å². The van der Waals surface area contributed by atoms with Crippen LogP contribution in [0.4, 0.5) is 0 Å². The normalized spacial score (nSPS) is 15.5. The molecule has 0 saturated heterocycles. The first-order chi connectivity index (χ1) is 18.1.